The zero-order chi connectivity index (χ0) is 23.0. The van der Waals surface area contributed by atoms with Gasteiger partial charge in [-0.25, -0.2) is 4.79 Å². The molecule has 0 unspecified atom stereocenters. The number of hydrogen-bond donors (Lipinski definition) is 1. The average Bonchev–Trinajstić information content (AvgIpc) is 2.98. The second-order valence-electron chi connectivity index (χ2n) is 7.58. The second-order valence-corrected chi connectivity index (χ2v) is 7.58. The molecule has 2 aromatic rings. The maximum Gasteiger partial charge on any atom is 0.349 e. The van der Waals surface area contributed by atoms with E-state index in [2.05, 4.69) is 23.7 Å². The largest absolute Gasteiger partial charge is 0.494 e. The van der Waals surface area contributed by atoms with Crippen molar-refractivity contribution in [2.24, 2.45) is 5.92 Å². The van der Waals surface area contributed by atoms with Gasteiger partial charge in [-0.15, -0.1) is 0 Å². The third kappa shape index (κ3) is 6.75. The van der Waals surface area contributed by atoms with Crippen molar-refractivity contribution in [1.82, 2.24) is 4.57 Å². The summed E-state index contributed by atoms with van der Waals surface area (Å²) >= 11 is 0. The average molecular weight is 424 g/mol. The molecule has 0 saturated carbocycles. The summed E-state index contributed by atoms with van der Waals surface area (Å²) in [5.74, 6) is -0.165. The molecule has 1 aromatic heterocycles. The van der Waals surface area contributed by atoms with Gasteiger partial charge in [-0.05, 0) is 68.7 Å². The van der Waals surface area contributed by atoms with Crippen LogP contribution in [-0.2, 0) is 20.9 Å². The summed E-state index contributed by atoms with van der Waals surface area (Å²) in [6, 6.07) is 10.7. The summed E-state index contributed by atoms with van der Waals surface area (Å²) in [4.78, 5) is 24.4. The van der Waals surface area contributed by atoms with Crippen LogP contribution in [-0.4, -0.2) is 29.7 Å². The number of amides is 1. The van der Waals surface area contributed by atoms with E-state index in [9.17, 15) is 14.9 Å². The van der Waals surface area contributed by atoms with Crippen LogP contribution >= 0.6 is 0 Å². The smallest absolute Gasteiger partial charge is 0.349 e. The first kappa shape index (κ1) is 23.7. The van der Waals surface area contributed by atoms with Crippen LogP contribution in [0.2, 0.25) is 0 Å². The van der Waals surface area contributed by atoms with E-state index in [1.807, 2.05) is 32.9 Å². The predicted molar refractivity (Wildman–Crippen MR) is 120 cm³/mol. The van der Waals surface area contributed by atoms with Crippen molar-refractivity contribution in [1.29, 1.82) is 5.26 Å². The monoisotopic (exact) mass is 423 g/mol. The molecule has 1 aromatic carbocycles. The zero-order valence-electron chi connectivity index (χ0n) is 18.7. The van der Waals surface area contributed by atoms with Crippen LogP contribution in [0, 0.1) is 31.1 Å². The number of aromatic nitrogens is 1. The lowest BCUT2D eigenvalue weighted by atomic mass is 10.1. The SMILES string of the molecule is CCOc1ccc(NC(=O)COC(=O)/C(C#N)=C/c2cc(C)n(CC(C)C)c2C)cc1. The number of aryl methyl sites for hydroxylation is 1. The number of rotatable bonds is 9. The van der Waals surface area contributed by atoms with Crippen molar-refractivity contribution >= 4 is 23.6 Å². The lowest BCUT2D eigenvalue weighted by Gasteiger charge is -2.12. The highest BCUT2D eigenvalue weighted by molar-refractivity contribution is 6.00. The number of esters is 1. The molecule has 7 nitrogen and oxygen atoms in total. The molecule has 0 aliphatic carbocycles. The summed E-state index contributed by atoms with van der Waals surface area (Å²) in [7, 11) is 0. The molecule has 0 spiro atoms. The number of benzene rings is 1. The van der Waals surface area contributed by atoms with E-state index in [4.69, 9.17) is 9.47 Å². The summed E-state index contributed by atoms with van der Waals surface area (Å²) < 4.78 is 12.5. The Bertz CT molecular complexity index is 995. The maximum absolute atomic E-state index is 12.3. The molecular formula is C24H29N3O4. The maximum atomic E-state index is 12.3. The first-order valence-electron chi connectivity index (χ1n) is 10.2. The summed E-state index contributed by atoms with van der Waals surface area (Å²) in [5.41, 5.74) is 3.21. The van der Waals surface area contributed by atoms with Crippen LogP contribution < -0.4 is 10.1 Å². The Morgan fingerprint density at radius 1 is 1.23 bits per heavy atom. The minimum Gasteiger partial charge on any atom is -0.494 e. The Hall–Kier alpha value is -3.53. The standard InChI is InChI=1S/C24H29N3O4/c1-6-30-22-9-7-21(8-10-22)26-23(28)15-31-24(29)20(13-25)12-19-11-17(4)27(18(19)5)14-16(2)3/h7-12,16H,6,14-15H2,1-5H3,(H,26,28)/b20-12+. The van der Waals surface area contributed by atoms with Gasteiger partial charge in [0.05, 0.1) is 6.61 Å². The van der Waals surface area contributed by atoms with Crippen molar-refractivity contribution in [3.63, 3.8) is 0 Å². The lowest BCUT2D eigenvalue weighted by molar-refractivity contribution is -0.142. The first-order chi connectivity index (χ1) is 14.7. The number of nitrogens with one attached hydrogen (secondary N) is 1. The van der Waals surface area contributed by atoms with E-state index in [1.54, 1.807) is 24.3 Å². The second kappa shape index (κ2) is 11.0. The Morgan fingerprint density at radius 2 is 1.90 bits per heavy atom. The Morgan fingerprint density at radius 3 is 2.48 bits per heavy atom. The van der Waals surface area contributed by atoms with Gasteiger partial charge in [0.25, 0.3) is 5.91 Å². The number of ether oxygens (including phenoxy) is 2. The van der Waals surface area contributed by atoms with Gasteiger partial charge in [0, 0.05) is 23.6 Å². The van der Waals surface area contributed by atoms with Crippen LogP contribution in [0.3, 0.4) is 0 Å². The normalized spacial score (nSPS) is 11.2. The minimum absolute atomic E-state index is 0.154. The van der Waals surface area contributed by atoms with Gasteiger partial charge in [-0.3, -0.25) is 4.79 Å². The van der Waals surface area contributed by atoms with Crippen LogP contribution in [0.4, 0.5) is 5.69 Å². The Kier molecular flexibility index (Phi) is 8.44. The molecule has 0 aliphatic rings. The van der Waals surface area contributed by atoms with Crippen LogP contribution in [0.15, 0.2) is 35.9 Å². The van der Waals surface area contributed by atoms with E-state index < -0.39 is 18.5 Å². The van der Waals surface area contributed by atoms with E-state index >= 15 is 0 Å². The number of anilines is 1. The molecule has 164 valence electrons. The number of nitrogens with zero attached hydrogens (tertiary/aromatic N) is 2. The number of carbonyl (C=O) groups is 2. The van der Waals surface area contributed by atoms with Crippen molar-refractivity contribution in [3.8, 4) is 11.8 Å². The van der Waals surface area contributed by atoms with Crippen molar-refractivity contribution in [2.45, 2.75) is 41.2 Å². The van der Waals surface area contributed by atoms with Gasteiger partial charge in [0.2, 0.25) is 0 Å². The van der Waals surface area contributed by atoms with Crippen LogP contribution in [0.1, 0.15) is 37.7 Å². The lowest BCUT2D eigenvalue weighted by Crippen LogP contribution is -2.21. The quantitative estimate of drug-likeness (QED) is 0.370. The summed E-state index contributed by atoms with van der Waals surface area (Å²) in [6.45, 7) is 11.0. The molecule has 1 heterocycles. The van der Waals surface area contributed by atoms with E-state index in [0.29, 0.717) is 24.0 Å². The third-order valence-corrected chi connectivity index (χ3v) is 4.58. The zero-order valence-corrected chi connectivity index (χ0v) is 18.7. The molecule has 1 amide bonds. The molecule has 0 saturated heterocycles. The minimum atomic E-state index is -0.835. The van der Waals surface area contributed by atoms with E-state index in [1.165, 1.54) is 6.08 Å². The molecule has 1 N–H and O–H groups in total. The Balaban J connectivity index is 2.00. The highest BCUT2D eigenvalue weighted by Gasteiger charge is 2.16. The molecule has 7 heteroatoms. The van der Waals surface area contributed by atoms with Gasteiger partial charge in [-0.1, -0.05) is 13.8 Å². The van der Waals surface area contributed by atoms with Crippen LogP contribution in [0.25, 0.3) is 6.08 Å². The van der Waals surface area contributed by atoms with Crippen molar-refractivity contribution in [3.05, 3.63) is 52.9 Å². The van der Waals surface area contributed by atoms with Crippen molar-refractivity contribution in [2.75, 3.05) is 18.5 Å². The summed E-state index contributed by atoms with van der Waals surface area (Å²) in [5, 5.41) is 12.0. The first-order valence-corrected chi connectivity index (χ1v) is 10.2. The highest BCUT2D eigenvalue weighted by atomic mass is 16.5. The number of hydrogen-bond acceptors (Lipinski definition) is 5. The molecule has 0 fully saturated rings. The molecular weight excluding hydrogens is 394 g/mol. The van der Waals surface area contributed by atoms with Crippen LogP contribution in [0.5, 0.6) is 5.75 Å². The fourth-order valence-corrected chi connectivity index (χ4v) is 3.12. The molecule has 31 heavy (non-hydrogen) atoms. The third-order valence-electron chi connectivity index (χ3n) is 4.58. The molecule has 0 aliphatic heterocycles. The molecule has 0 atom stereocenters. The van der Waals surface area contributed by atoms with E-state index in [0.717, 1.165) is 23.5 Å². The molecule has 0 bridgehead atoms. The van der Waals surface area contributed by atoms with Gasteiger partial charge < -0.3 is 19.4 Å². The van der Waals surface area contributed by atoms with Gasteiger partial charge in [0.15, 0.2) is 6.61 Å². The molecule has 2 rings (SSSR count). The number of carbonyl (C=O) groups excluding carboxylic acids is 2. The van der Waals surface area contributed by atoms with Gasteiger partial charge >= 0.3 is 5.97 Å². The van der Waals surface area contributed by atoms with E-state index in [-0.39, 0.29) is 5.57 Å². The highest BCUT2D eigenvalue weighted by Crippen LogP contribution is 2.20. The predicted octanol–water partition coefficient (Wildman–Crippen LogP) is 4.25. The van der Waals surface area contributed by atoms with Gasteiger partial charge in [-0.2, -0.15) is 5.26 Å². The molecule has 0 radical (unpaired) electrons. The summed E-state index contributed by atoms with van der Waals surface area (Å²) in [6.07, 6.45) is 1.51. The topological polar surface area (TPSA) is 93.3 Å². The van der Waals surface area contributed by atoms with Gasteiger partial charge in [0.1, 0.15) is 17.4 Å². The fourth-order valence-electron chi connectivity index (χ4n) is 3.12. The Labute approximate surface area is 183 Å². The fraction of sp³-hybridized carbons (Fsp3) is 0.375. The van der Waals surface area contributed by atoms with Crippen molar-refractivity contribution < 1.29 is 19.1 Å². The number of nitriles is 1.